The van der Waals surface area contributed by atoms with Crippen molar-refractivity contribution in [2.24, 2.45) is 0 Å². The number of hydrogen-bond donors (Lipinski definition) is 1. The first-order valence-electron chi connectivity index (χ1n) is 13.2. The minimum atomic E-state index is -0.105. The summed E-state index contributed by atoms with van der Waals surface area (Å²) >= 11 is 0. The van der Waals surface area contributed by atoms with Crippen LogP contribution in [0.1, 0.15) is 0 Å². The molecule has 0 aliphatic carbocycles. The van der Waals surface area contributed by atoms with E-state index >= 15 is 0 Å². The number of fused-ring (bicyclic) bond motifs is 6. The Morgan fingerprint density at radius 3 is 1.60 bits per heavy atom. The average Bonchev–Trinajstić information content (AvgIpc) is 2.99. The number of nitrogens with zero attached hydrogens (tertiary/aromatic N) is 4. The predicted molar refractivity (Wildman–Crippen MR) is 161 cm³/mol. The van der Waals surface area contributed by atoms with E-state index in [0.717, 1.165) is 70.5 Å². The van der Waals surface area contributed by atoms with Crippen molar-refractivity contribution in [3.05, 3.63) is 113 Å². The third kappa shape index (κ3) is 2.20. The Hall–Kier alpha value is -5.62. The van der Waals surface area contributed by atoms with Crippen molar-refractivity contribution < 1.29 is 0 Å². The third-order valence-electron chi connectivity index (χ3n) is 8.63. The molecule has 0 fully saturated rings. The monoisotopic (exact) mass is 511 g/mol. The normalized spacial score (nSPS) is 12.7. The van der Waals surface area contributed by atoms with Gasteiger partial charge in [-0.05, 0) is 59.3 Å². The molecule has 0 saturated heterocycles. The molecule has 0 amide bonds. The lowest BCUT2D eigenvalue weighted by Gasteiger charge is -2.18. The molecule has 0 bridgehead atoms. The maximum atomic E-state index is 14.2. The maximum absolute atomic E-state index is 14.2. The molecule has 0 aliphatic heterocycles. The van der Waals surface area contributed by atoms with Gasteiger partial charge in [0.2, 0.25) is 0 Å². The van der Waals surface area contributed by atoms with Gasteiger partial charge in [0.1, 0.15) is 16.8 Å². The molecule has 0 atom stereocenters. The van der Waals surface area contributed by atoms with Gasteiger partial charge in [0.05, 0.1) is 22.1 Å². The topological polar surface area (TPSA) is 75.5 Å². The second-order valence-corrected chi connectivity index (χ2v) is 10.6. The van der Waals surface area contributed by atoms with Gasteiger partial charge in [0.25, 0.3) is 5.56 Å². The summed E-state index contributed by atoms with van der Waals surface area (Å²) in [6, 6.07) is 32.3. The zero-order chi connectivity index (χ0) is 26.3. The quantitative estimate of drug-likeness (QED) is 0.180. The SMILES string of the molecule is N=c1c2ccc3c4c(ccc(c24)c2nc4cccc5cccc(c54)n12)c(=O)n1c2cccc4cccc(nc31)c42. The van der Waals surface area contributed by atoms with Crippen molar-refractivity contribution in [1.29, 1.82) is 5.41 Å². The van der Waals surface area contributed by atoms with Crippen molar-refractivity contribution in [1.82, 2.24) is 18.8 Å². The highest BCUT2D eigenvalue weighted by Gasteiger charge is 2.21. The van der Waals surface area contributed by atoms with E-state index in [1.165, 1.54) is 0 Å². The molecular formula is C34H17N5O. The Balaban J connectivity index is 1.51. The van der Waals surface area contributed by atoms with Gasteiger partial charge in [-0.15, -0.1) is 0 Å². The summed E-state index contributed by atoms with van der Waals surface area (Å²) in [5.74, 6) is 0. The van der Waals surface area contributed by atoms with E-state index in [9.17, 15) is 10.2 Å². The van der Waals surface area contributed by atoms with Gasteiger partial charge in [0.15, 0.2) is 0 Å². The first-order chi connectivity index (χ1) is 19.7. The van der Waals surface area contributed by atoms with E-state index in [-0.39, 0.29) is 5.56 Å². The molecule has 40 heavy (non-hydrogen) atoms. The number of rotatable bonds is 0. The van der Waals surface area contributed by atoms with E-state index in [0.29, 0.717) is 22.2 Å². The summed E-state index contributed by atoms with van der Waals surface area (Å²) in [5, 5.41) is 18.5. The molecule has 184 valence electrons. The molecule has 6 aromatic carbocycles. The predicted octanol–water partition coefficient (Wildman–Crippen LogP) is 6.77. The molecule has 0 unspecified atom stereocenters. The molecule has 0 radical (unpaired) electrons. The van der Waals surface area contributed by atoms with Gasteiger partial charge < -0.3 is 0 Å². The van der Waals surface area contributed by atoms with Crippen LogP contribution in [0.2, 0.25) is 0 Å². The highest BCUT2D eigenvalue weighted by molar-refractivity contribution is 6.28. The third-order valence-corrected chi connectivity index (χ3v) is 8.63. The van der Waals surface area contributed by atoms with Crippen LogP contribution in [0.3, 0.4) is 0 Å². The molecule has 0 aliphatic rings. The highest BCUT2D eigenvalue weighted by Crippen LogP contribution is 2.37. The summed E-state index contributed by atoms with van der Waals surface area (Å²) in [6.45, 7) is 0. The highest BCUT2D eigenvalue weighted by atomic mass is 16.1. The van der Waals surface area contributed by atoms with Crippen molar-refractivity contribution in [3.8, 4) is 0 Å². The second kappa shape index (κ2) is 6.68. The first-order valence-corrected chi connectivity index (χ1v) is 13.2. The van der Waals surface area contributed by atoms with Crippen molar-refractivity contribution in [3.63, 3.8) is 0 Å². The Labute approximate surface area is 224 Å². The van der Waals surface area contributed by atoms with Crippen LogP contribution in [0.4, 0.5) is 0 Å². The van der Waals surface area contributed by atoms with Crippen LogP contribution in [0, 0.1) is 5.41 Å². The Kier molecular flexibility index (Phi) is 3.40. The lowest BCUT2D eigenvalue weighted by Crippen LogP contribution is -2.19. The fourth-order valence-electron chi connectivity index (χ4n) is 7.00. The number of nitrogens with one attached hydrogen (secondary N) is 1. The van der Waals surface area contributed by atoms with Crippen LogP contribution in [0.15, 0.2) is 102 Å². The summed E-state index contributed by atoms with van der Waals surface area (Å²) in [7, 11) is 0. The number of benzene rings is 6. The zero-order valence-corrected chi connectivity index (χ0v) is 20.9. The van der Waals surface area contributed by atoms with Crippen molar-refractivity contribution >= 4 is 87.2 Å². The van der Waals surface area contributed by atoms with Gasteiger partial charge >= 0.3 is 0 Å². The van der Waals surface area contributed by atoms with Gasteiger partial charge in [-0.3, -0.25) is 19.0 Å². The minimum absolute atomic E-state index is 0.105. The molecule has 1 N–H and O–H groups in total. The first kappa shape index (κ1) is 20.4. The largest absolute Gasteiger partial charge is 0.283 e. The van der Waals surface area contributed by atoms with Crippen LogP contribution in [0.5, 0.6) is 0 Å². The fraction of sp³-hybridized carbons (Fsp3) is 0. The van der Waals surface area contributed by atoms with Crippen LogP contribution >= 0.6 is 0 Å². The molecule has 0 saturated carbocycles. The molecular weight excluding hydrogens is 494 g/mol. The molecule has 0 spiro atoms. The standard InChI is InChI=1S/C34H17N5O/c35-31-19-13-14-21-30-22(34(40)39-26-12-4-8-18-6-2-10-24(28(18)26)37-33(21)39)16-15-20(29(19)30)32-36-23-9-1-5-17-7-3-11-25(27(17)23)38(31)32/h1-16,35H. The Morgan fingerprint density at radius 1 is 0.500 bits per heavy atom. The van der Waals surface area contributed by atoms with E-state index in [2.05, 4.69) is 30.3 Å². The summed E-state index contributed by atoms with van der Waals surface area (Å²) in [5.41, 5.74) is 5.13. The zero-order valence-electron chi connectivity index (χ0n) is 20.9. The second-order valence-electron chi connectivity index (χ2n) is 10.6. The van der Waals surface area contributed by atoms with Gasteiger partial charge in [-0.25, -0.2) is 9.97 Å². The average molecular weight is 512 g/mol. The Bertz CT molecular complexity index is 2650. The summed E-state index contributed by atoms with van der Waals surface area (Å²) in [6.07, 6.45) is 0. The molecule has 6 nitrogen and oxygen atoms in total. The number of aromatic nitrogens is 4. The van der Waals surface area contributed by atoms with Gasteiger partial charge in [0, 0.05) is 43.1 Å². The van der Waals surface area contributed by atoms with E-state index in [1.807, 2.05) is 71.1 Å². The van der Waals surface area contributed by atoms with Crippen LogP contribution < -0.4 is 11.0 Å². The minimum Gasteiger partial charge on any atom is -0.283 e. The molecule has 10 rings (SSSR count). The van der Waals surface area contributed by atoms with Crippen molar-refractivity contribution in [2.75, 3.05) is 0 Å². The van der Waals surface area contributed by atoms with Crippen LogP contribution in [0.25, 0.3) is 87.2 Å². The maximum Gasteiger partial charge on any atom is 0.264 e. The molecule has 10 aromatic rings. The van der Waals surface area contributed by atoms with Gasteiger partial charge in [-0.2, -0.15) is 0 Å². The number of hydrogen-bond acceptors (Lipinski definition) is 4. The molecule has 4 aromatic heterocycles. The smallest absolute Gasteiger partial charge is 0.264 e. The number of pyridine rings is 2. The lowest BCUT2D eigenvalue weighted by atomic mass is 9.95. The van der Waals surface area contributed by atoms with Gasteiger partial charge in [-0.1, -0.05) is 48.5 Å². The molecule has 4 heterocycles. The van der Waals surface area contributed by atoms with E-state index in [4.69, 9.17) is 9.97 Å². The van der Waals surface area contributed by atoms with E-state index < -0.39 is 0 Å². The lowest BCUT2D eigenvalue weighted by molar-refractivity contribution is 1.05. The Morgan fingerprint density at radius 2 is 0.975 bits per heavy atom. The summed E-state index contributed by atoms with van der Waals surface area (Å²) < 4.78 is 3.70. The fourth-order valence-corrected chi connectivity index (χ4v) is 7.00. The van der Waals surface area contributed by atoms with E-state index in [1.54, 1.807) is 4.40 Å². The van der Waals surface area contributed by atoms with Crippen LogP contribution in [-0.2, 0) is 0 Å². The molecule has 6 heteroatoms. The van der Waals surface area contributed by atoms with Crippen molar-refractivity contribution in [2.45, 2.75) is 0 Å². The summed E-state index contributed by atoms with van der Waals surface area (Å²) in [4.78, 5) is 24.4. The van der Waals surface area contributed by atoms with Crippen LogP contribution in [-0.4, -0.2) is 18.8 Å².